The van der Waals surface area contributed by atoms with Gasteiger partial charge in [0.15, 0.2) is 0 Å². The number of hydrogen-bond acceptors (Lipinski definition) is 5. The summed E-state index contributed by atoms with van der Waals surface area (Å²) in [6.07, 6.45) is 1.75. The molecule has 2 aromatic heterocycles. The monoisotopic (exact) mass is 268 g/mol. The van der Waals surface area contributed by atoms with Crippen molar-refractivity contribution in [1.82, 2.24) is 15.0 Å². The molecule has 0 saturated carbocycles. The first-order chi connectivity index (χ1) is 9.22. The fraction of sp³-hybridized carbons (Fsp3) is 0.0714. The molecule has 5 heteroatoms. The van der Waals surface area contributed by atoms with Gasteiger partial charge < -0.3 is 5.73 Å². The van der Waals surface area contributed by atoms with Crippen molar-refractivity contribution in [1.29, 1.82) is 0 Å². The molecule has 0 atom stereocenters. The maximum Gasteiger partial charge on any atom is 0.142 e. The molecule has 19 heavy (non-hydrogen) atoms. The highest BCUT2D eigenvalue weighted by Crippen LogP contribution is 2.27. The fourth-order valence-electron chi connectivity index (χ4n) is 1.75. The van der Waals surface area contributed by atoms with Gasteiger partial charge in [0.25, 0.3) is 0 Å². The van der Waals surface area contributed by atoms with Crippen molar-refractivity contribution in [2.75, 3.05) is 5.73 Å². The Morgan fingerprint density at radius 3 is 2.53 bits per heavy atom. The number of nitrogen functional groups attached to an aromatic ring is 1. The molecule has 0 aliphatic heterocycles. The third kappa shape index (κ3) is 2.46. The van der Waals surface area contributed by atoms with E-state index in [0.29, 0.717) is 0 Å². The fourth-order valence-corrected chi connectivity index (χ4v) is 2.55. The molecule has 0 bridgehead atoms. The SMILES string of the molecule is Cc1nccc(-c2nc(-c3ccc(N)cc3)cs2)n1. The minimum Gasteiger partial charge on any atom is -0.399 e. The van der Waals surface area contributed by atoms with Crippen LogP contribution in [-0.4, -0.2) is 15.0 Å². The van der Waals surface area contributed by atoms with Crippen molar-refractivity contribution in [2.24, 2.45) is 0 Å². The van der Waals surface area contributed by atoms with Gasteiger partial charge >= 0.3 is 0 Å². The summed E-state index contributed by atoms with van der Waals surface area (Å²) in [5.41, 5.74) is 9.30. The van der Waals surface area contributed by atoms with Crippen molar-refractivity contribution in [2.45, 2.75) is 6.92 Å². The maximum absolute atomic E-state index is 5.68. The summed E-state index contributed by atoms with van der Waals surface area (Å²) in [7, 11) is 0. The van der Waals surface area contributed by atoms with Gasteiger partial charge in [-0.25, -0.2) is 15.0 Å². The predicted octanol–water partition coefficient (Wildman–Crippen LogP) is 3.16. The third-order valence-corrected chi connectivity index (χ3v) is 3.57. The average molecular weight is 268 g/mol. The van der Waals surface area contributed by atoms with Gasteiger partial charge in [-0.05, 0) is 25.1 Å². The molecular formula is C14H12N4S. The molecule has 3 aromatic rings. The van der Waals surface area contributed by atoms with Crippen LogP contribution in [0.3, 0.4) is 0 Å². The highest BCUT2D eigenvalue weighted by Gasteiger charge is 2.07. The number of anilines is 1. The van der Waals surface area contributed by atoms with E-state index in [4.69, 9.17) is 5.73 Å². The first-order valence-electron chi connectivity index (χ1n) is 5.84. The number of aromatic nitrogens is 3. The van der Waals surface area contributed by atoms with Crippen molar-refractivity contribution < 1.29 is 0 Å². The van der Waals surface area contributed by atoms with Crippen LogP contribution < -0.4 is 5.73 Å². The van der Waals surface area contributed by atoms with Gasteiger partial charge in [-0.2, -0.15) is 0 Å². The molecular weight excluding hydrogens is 256 g/mol. The summed E-state index contributed by atoms with van der Waals surface area (Å²) < 4.78 is 0. The molecule has 0 fully saturated rings. The van der Waals surface area contributed by atoms with E-state index in [0.717, 1.165) is 33.5 Å². The quantitative estimate of drug-likeness (QED) is 0.725. The van der Waals surface area contributed by atoms with Gasteiger partial charge in [-0.1, -0.05) is 12.1 Å². The molecule has 0 aliphatic carbocycles. The molecule has 0 spiro atoms. The lowest BCUT2D eigenvalue weighted by molar-refractivity contribution is 1.06. The highest BCUT2D eigenvalue weighted by atomic mass is 32.1. The van der Waals surface area contributed by atoms with Crippen LogP contribution in [0.1, 0.15) is 5.82 Å². The molecule has 2 N–H and O–H groups in total. The molecule has 0 saturated heterocycles. The Hall–Kier alpha value is -2.27. The number of benzene rings is 1. The standard InChI is InChI=1S/C14H12N4S/c1-9-16-7-6-12(17-9)14-18-13(8-19-14)10-2-4-11(15)5-3-10/h2-8H,15H2,1H3. The second-order valence-electron chi connectivity index (χ2n) is 4.15. The first kappa shape index (κ1) is 11.8. The topological polar surface area (TPSA) is 64.7 Å². The van der Waals surface area contributed by atoms with Crippen LogP contribution >= 0.6 is 11.3 Å². The van der Waals surface area contributed by atoms with Gasteiger partial charge in [0, 0.05) is 22.8 Å². The highest BCUT2D eigenvalue weighted by molar-refractivity contribution is 7.13. The van der Waals surface area contributed by atoms with Gasteiger partial charge in [0.05, 0.1) is 5.69 Å². The predicted molar refractivity (Wildman–Crippen MR) is 77.7 cm³/mol. The van der Waals surface area contributed by atoms with E-state index >= 15 is 0 Å². The van der Waals surface area contributed by atoms with E-state index in [1.807, 2.05) is 42.6 Å². The molecule has 0 amide bonds. The molecule has 2 heterocycles. The summed E-state index contributed by atoms with van der Waals surface area (Å²) in [6, 6.07) is 9.57. The Morgan fingerprint density at radius 2 is 1.79 bits per heavy atom. The van der Waals surface area contributed by atoms with Crippen LogP contribution in [0.15, 0.2) is 41.9 Å². The lowest BCUT2D eigenvalue weighted by Crippen LogP contribution is -1.89. The first-order valence-corrected chi connectivity index (χ1v) is 6.72. The van der Waals surface area contributed by atoms with Crippen LogP contribution in [0, 0.1) is 6.92 Å². The van der Waals surface area contributed by atoms with Crippen molar-refractivity contribution in [3.63, 3.8) is 0 Å². The summed E-state index contributed by atoms with van der Waals surface area (Å²) >= 11 is 1.58. The zero-order valence-electron chi connectivity index (χ0n) is 10.4. The van der Waals surface area contributed by atoms with Crippen molar-refractivity contribution >= 4 is 17.0 Å². The Balaban J connectivity index is 1.97. The number of hydrogen-bond donors (Lipinski definition) is 1. The van der Waals surface area contributed by atoms with E-state index < -0.39 is 0 Å². The van der Waals surface area contributed by atoms with Gasteiger partial charge in [-0.15, -0.1) is 11.3 Å². The number of aryl methyl sites for hydroxylation is 1. The Bertz CT molecular complexity index is 703. The molecule has 94 valence electrons. The van der Waals surface area contributed by atoms with E-state index in [1.54, 1.807) is 17.5 Å². The molecule has 0 aliphatic rings. The largest absolute Gasteiger partial charge is 0.399 e. The number of rotatable bonds is 2. The van der Waals surface area contributed by atoms with Crippen molar-refractivity contribution in [3.05, 3.63) is 47.7 Å². The van der Waals surface area contributed by atoms with E-state index in [1.165, 1.54) is 0 Å². The van der Waals surface area contributed by atoms with Gasteiger partial charge in [-0.3, -0.25) is 0 Å². The zero-order valence-corrected chi connectivity index (χ0v) is 11.2. The molecule has 0 radical (unpaired) electrons. The minimum atomic E-state index is 0.752. The second-order valence-corrected chi connectivity index (χ2v) is 5.01. The minimum absolute atomic E-state index is 0.752. The van der Waals surface area contributed by atoms with E-state index in [9.17, 15) is 0 Å². The van der Waals surface area contributed by atoms with Crippen molar-refractivity contribution in [3.8, 4) is 22.0 Å². The number of nitrogens with two attached hydrogens (primary N) is 1. The van der Waals surface area contributed by atoms with E-state index in [2.05, 4.69) is 15.0 Å². The Kier molecular flexibility index (Phi) is 2.97. The average Bonchev–Trinajstić information content (AvgIpc) is 2.89. The number of thiazole rings is 1. The maximum atomic E-state index is 5.68. The van der Waals surface area contributed by atoms with Crippen LogP contribution in [0.5, 0.6) is 0 Å². The number of nitrogens with zero attached hydrogens (tertiary/aromatic N) is 3. The van der Waals surface area contributed by atoms with Gasteiger partial charge in [0.1, 0.15) is 16.5 Å². The van der Waals surface area contributed by atoms with Gasteiger partial charge in [0.2, 0.25) is 0 Å². The molecule has 0 unspecified atom stereocenters. The molecule has 4 nitrogen and oxygen atoms in total. The lowest BCUT2D eigenvalue weighted by Gasteiger charge is -1.98. The van der Waals surface area contributed by atoms with E-state index in [-0.39, 0.29) is 0 Å². The van der Waals surface area contributed by atoms with Crippen LogP contribution in [0.2, 0.25) is 0 Å². The summed E-state index contributed by atoms with van der Waals surface area (Å²) in [4.78, 5) is 13.1. The summed E-state index contributed by atoms with van der Waals surface area (Å²) in [5, 5.41) is 2.93. The molecule has 3 rings (SSSR count). The normalized spacial score (nSPS) is 10.6. The molecule has 1 aromatic carbocycles. The summed E-state index contributed by atoms with van der Waals surface area (Å²) in [6.45, 7) is 1.87. The lowest BCUT2D eigenvalue weighted by atomic mass is 10.1. The third-order valence-electron chi connectivity index (χ3n) is 2.71. The Labute approximate surface area is 115 Å². The second kappa shape index (κ2) is 4.78. The summed E-state index contributed by atoms with van der Waals surface area (Å²) in [5.74, 6) is 0.752. The van der Waals surface area contributed by atoms with Crippen LogP contribution in [0.25, 0.3) is 22.0 Å². The van der Waals surface area contributed by atoms with Crippen LogP contribution in [-0.2, 0) is 0 Å². The zero-order chi connectivity index (χ0) is 13.2. The van der Waals surface area contributed by atoms with Crippen LogP contribution in [0.4, 0.5) is 5.69 Å². The smallest absolute Gasteiger partial charge is 0.142 e. The Morgan fingerprint density at radius 1 is 1.00 bits per heavy atom.